The van der Waals surface area contributed by atoms with E-state index in [4.69, 9.17) is 10.5 Å². The number of amides is 1. The molecule has 2 N–H and O–H groups in total. The van der Waals surface area contributed by atoms with Crippen LogP contribution < -0.4 is 10.5 Å². The van der Waals surface area contributed by atoms with E-state index in [0.717, 1.165) is 0 Å². The van der Waals surface area contributed by atoms with Crippen LogP contribution in [0.25, 0.3) is 0 Å². The van der Waals surface area contributed by atoms with Crippen molar-refractivity contribution in [3.05, 3.63) is 48.3 Å². The van der Waals surface area contributed by atoms with E-state index in [1.165, 1.54) is 4.90 Å². The van der Waals surface area contributed by atoms with Gasteiger partial charge in [-0.3, -0.25) is 9.78 Å². The smallest absolute Gasteiger partial charge is 0.257 e. The molecule has 5 heteroatoms. The van der Waals surface area contributed by atoms with Crippen molar-refractivity contribution in [1.82, 2.24) is 9.88 Å². The van der Waals surface area contributed by atoms with Gasteiger partial charge in [-0.15, -0.1) is 0 Å². The maximum Gasteiger partial charge on any atom is 0.257 e. The number of pyridine rings is 1. The van der Waals surface area contributed by atoms with E-state index < -0.39 is 0 Å². The molecule has 0 radical (unpaired) electrons. The summed E-state index contributed by atoms with van der Waals surface area (Å²) in [5, 5.41) is 0. The van der Waals surface area contributed by atoms with Gasteiger partial charge in [-0.05, 0) is 24.3 Å². The molecular weight excluding hydrogens is 242 g/mol. The summed E-state index contributed by atoms with van der Waals surface area (Å²) in [7, 11) is 3.37. The highest BCUT2D eigenvalue weighted by molar-refractivity contribution is 5.97. The third-order valence-corrected chi connectivity index (χ3v) is 2.50. The molecule has 5 nitrogen and oxygen atoms in total. The van der Waals surface area contributed by atoms with Gasteiger partial charge in [0.25, 0.3) is 5.91 Å². The first-order valence-electron chi connectivity index (χ1n) is 5.77. The summed E-state index contributed by atoms with van der Waals surface area (Å²) in [6.07, 6.45) is 3.23. The predicted molar refractivity (Wildman–Crippen MR) is 73.2 cm³/mol. The van der Waals surface area contributed by atoms with Crippen molar-refractivity contribution in [2.45, 2.75) is 0 Å². The number of hydrogen-bond acceptors (Lipinski definition) is 4. The molecule has 1 amide bonds. The lowest BCUT2D eigenvalue weighted by atomic mass is 10.1. The number of ether oxygens (including phenoxy) is 1. The lowest BCUT2D eigenvalue weighted by molar-refractivity contribution is 0.0825. The lowest BCUT2D eigenvalue weighted by Gasteiger charge is -2.15. The minimum absolute atomic E-state index is 0.140. The minimum Gasteiger partial charge on any atom is -0.455 e. The molecule has 0 saturated carbocycles. The van der Waals surface area contributed by atoms with Crippen LogP contribution in [0, 0.1) is 0 Å². The van der Waals surface area contributed by atoms with Crippen molar-refractivity contribution in [1.29, 1.82) is 0 Å². The summed E-state index contributed by atoms with van der Waals surface area (Å²) in [6, 6.07) is 8.48. The van der Waals surface area contributed by atoms with E-state index in [0.29, 0.717) is 22.7 Å². The quantitative estimate of drug-likeness (QED) is 0.855. The van der Waals surface area contributed by atoms with E-state index in [2.05, 4.69) is 4.98 Å². The molecule has 0 atom stereocenters. The molecule has 0 bridgehead atoms. The van der Waals surface area contributed by atoms with E-state index in [1.807, 2.05) is 0 Å². The van der Waals surface area contributed by atoms with Crippen LogP contribution in [0.3, 0.4) is 0 Å². The Morgan fingerprint density at radius 1 is 1.32 bits per heavy atom. The highest BCUT2D eigenvalue weighted by Gasteiger charge is 2.15. The maximum absolute atomic E-state index is 12.1. The van der Waals surface area contributed by atoms with Gasteiger partial charge in [-0.2, -0.15) is 0 Å². The zero-order chi connectivity index (χ0) is 13.8. The van der Waals surface area contributed by atoms with Crippen molar-refractivity contribution in [2.75, 3.05) is 19.8 Å². The molecule has 98 valence electrons. The van der Waals surface area contributed by atoms with Gasteiger partial charge < -0.3 is 15.4 Å². The van der Waals surface area contributed by atoms with Crippen LogP contribution in [0.5, 0.6) is 11.5 Å². The van der Waals surface area contributed by atoms with Crippen molar-refractivity contribution in [2.24, 2.45) is 0 Å². The summed E-state index contributed by atoms with van der Waals surface area (Å²) < 4.78 is 5.67. The van der Waals surface area contributed by atoms with Gasteiger partial charge in [-0.25, -0.2) is 0 Å². The standard InChI is InChI=1S/C14H15N3O2/c1-17(2)14(18)12-6-5-10(15)8-13(12)19-11-4-3-7-16-9-11/h3-9H,15H2,1-2H3. The summed E-state index contributed by atoms with van der Waals surface area (Å²) in [4.78, 5) is 17.5. The number of rotatable bonds is 3. The Kier molecular flexibility index (Phi) is 3.66. The van der Waals surface area contributed by atoms with Gasteiger partial charge in [0.05, 0.1) is 11.8 Å². The zero-order valence-electron chi connectivity index (χ0n) is 10.8. The van der Waals surface area contributed by atoms with Crippen molar-refractivity contribution >= 4 is 11.6 Å². The second-order valence-corrected chi connectivity index (χ2v) is 4.25. The third-order valence-electron chi connectivity index (χ3n) is 2.50. The van der Waals surface area contributed by atoms with E-state index >= 15 is 0 Å². The number of aromatic nitrogens is 1. The molecule has 1 heterocycles. The van der Waals surface area contributed by atoms with E-state index in [1.54, 1.807) is 56.8 Å². The first kappa shape index (κ1) is 12.9. The fraction of sp³-hybridized carbons (Fsp3) is 0.143. The summed E-state index contributed by atoms with van der Waals surface area (Å²) >= 11 is 0. The Bertz CT molecular complexity index is 582. The maximum atomic E-state index is 12.1. The van der Waals surface area contributed by atoms with Crippen molar-refractivity contribution in [3.8, 4) is 11.5 Å². The monoisotopic (exact) mass is 257 g/mol. The molecule has 0 fully saturated rings. The highest BCUT2D eigenvalue weighted by atomic mass is 16.5. The van der Waals surface area contributed by atoms with Crippen LogP contribution in [0.4, 0.5) is 5.69 Å². The first-order valence-corrected chi connectivity index (χ1v) is 5.77. The Hall–Kier alpha value is -2.56. The van der Waals surface area contributed by atoms with Gasteiger partial charge in [0.1, 0.15) is 11.5 Å². The van der Waals surface area contributed by atoms with Crippen LogP contribution in [0.2, 0.25) is 0 Å². The number of anilines is 1. The Morgan fingerprint density at radius 2 is 2.11 bits per heavy atom. The lowest BCUT2D eigenvalue weighted by Crippen LogP contribution is -2.22. The SMILES string of the molecule is CN(C)C(=O)c1ccc(N)cc1Oc1cccnc1. The highest BCUT2D eigenvalue weighted by Crippen LogP contribution is 2.27. The molecule has 0 aliphatic rings. The molecule has 0 spiro atoms. The van der Waals surface area contributed by atoms with Crippen LogP contribution in [0.1, 0.15) is 10.4 Å². The van der Waals surface area contributed by atoms with Gasteiger partial charge in [0.2, 0.25) is 0 Å². The van der Waals surface area contributed by atoms with Gasteiger partial charge in [0, 0.05) is 32.0 Å². The predicted octanol–water partition coefficient (Wildman–Crippen LogP) is 2.16. The average molecular weight is 257 g/mol. The molecule has 0 aliphatic carbocycles. The molecule has 0 aliphatic heterocycles. The number of benzene rings is 1. The van der Waals surface area contributed by atoms with Crippen LogP contribution in [-0.2, 0) is 0 Å². The van der Waals surface area contributed by atoms with Gasteiger partial charge in [0.15, 0.2) is 0 Å². The van der Waals surface area contributed by atoms with Crippen LogP contribution >= 0.6 is 0 Å². The number of nitrogen functional groups attached to an aromatic ring is 1. The summed E-state index contributed by atoms with van der Waals surface area (Å²) in [6.45, 7) is 0. The summed E-state index contributed by atoms with van der Waals surface area (Å²) in [5.41, 5.74) is 6.73. The molecular formula is C14H15N3O2. The topological polar surface area (TPSA) is 68.5 Å². The molecule has 1 aromatic carbocycles. The summed E-state index contributed by atoms with van der Waals surface area (Å²) in [5.74, 6) is 0.839. The number of carbonyl (C=O) groups excluding carboxylic acids is 1. The second-order valence-electron chi connectivity index (χ2n) is 4.25. The van der Waals surface area contributed by atoms with E-state index in [9.17, 15) is 4.79 Å². The Balaban J connectivity index is 2.38. The molecule has 2 rings (SSSR count). The average Bonchev–Trinajstić information content (AvgIpc) is 2.39. The Morgan fingerprint density at radius 3 is 2.74 bits per heavy atom. The number of nitrogens with two attached hydrogens (primary N) is 1. The number of hydrogen-bond donors (Lipinski definition) is 1. The third kappa shape index (κ3) is 3.01. The van der Waals surface area contributed by atoms with E-state index in [-0.39, 0.29) is 5.91 Å². The molecule has 19 heavy (non-hydrogen) atoms. The van der Waals surface area contributed by atoms with Crippen molar-refractivity contribution < 1.29 is 9.53 Å². The number of carbonyl (C=O) groups is 1. The second kappa shape index (κ2) is 5.39. The molecule has 2 aromatic rings. The Labute approximate surface area is 111 Å². The largest absolute Gasteiger partial charge is 0.455 e. The molecule has 1 aromatic heterocycles. The minimum atomic E-state index is -0.140. The first-order chi connectivity index (χ1) is 9.08. The van der Waals surface area contributed by atoms with Crippen LogP contribution in [0.15, 0.2) is 42.7 Å². The zero-order valence-corrected chi connectivity index (χ0v) is 10.8. The van der Waals surface area contributed by atoms with Crippen LogP contribution in [-0.4, -0.2) is 29.9 Å². The molecule has 0 unspecified atom stereocenters. The fourth-order valence-corrected chi connectivity index (χ4v) is 1.58. The van der Waals surface area contributed by atoms with Gasteiger partial charge in [-0.1, -0.05) is 0 Å². The fourth-order valence-electron chi connectivity index (χ4n) is 1.58. The molecule has 0 saturated heterocycles. The number of nitrogens with zero attached hydrogens (tertiary/aromatic N) is 2. The van der Waals surface area contributed by atoms with Gasteiger partial charge >= 0.3 is 0 Å². The van der Waals surface area contributed by atoms with Crippen molar-refractivity contribution in [3.63, 3.8) is 0 Å². The normalized spacial score (nSPS) is 10.0.